The zero-order chi connectivity index (χ0) is 19.6. The highest BCUT2D eigenvalue weighted by Crippen LogP contribution is 2.59. The first kappa shape index (κ1) is 24.9. The highest BCUT2D eigenvalue weighted by atomic mass is 35.5. The fraction of sp³-hybridized carbons (Fsp3) is 0.619. The largest absolute Gasteiger partial charge is 0.351 e. The SMILES string of the molecule is Cl.Cl.O=C(NCCN1CCN(C(=O)C2CC23CCNCC3)CC1)c1ccccc1F. The van der Waals surface area contributed by atoms with E-state index in [0.29, 0.717) is 19.0 Å². The molecule has 2 saturated heterocycles. The van der Waals surface area contributed by atoms with E-state index in [1.165, 1.54) is 12.1 Å². The lowest BCUT2D eigenvalue weighted by atomic mass is 9.91. The Balaban J connectivity index is 0.00000160. The molecule has 1 aliphatic carbocycles. The van der Waals surface area contributed by atoms with Gasteiger partial charge in [0.25, 0.3) is 5.91 Å². The average Bonchev–Trinajstić information content (AvgIpc) is 3.41. The zero-order valence-electron chi connectivity index (χ0n) is 17.1. The standard InChI is InChI=1S/C21H29FN4O2.2ClH/c22-18-4-2-1-3-16(18)19(27)24-9-10-25-11-13-26(14-12-25)20(28)17-15-21(17)5-7-23-8-6-21;;/h1-4,17,23H,5-15H2,(H,24,27);2*1H. The van der Waals surface area contributed by atoms with E-state index in [2.05, 4.69) is 15.5 Å². The first-order valence-electron chi connectivity index (χ1n) is 10.3. The summed E-state index contributed by atoms with van der Waals surface area (Å²) in [7, 11) is 0. The minimum Gasteiger partial charge on any atom is -0.351 e. The van der Waals surface area contributed by atoms with Crippen molar-refractivity contribution in [3.8, 4) is 0 Å². The molecule has 1 atom stereocenters. The van der Waals surface area contributed by atoms with Gasteiger partial charge in [0.2, 0.25) is 5.91 Å². The first-order chi connectivity index (χ1) is 13.6. The Morgan fingerprint density at radius 1 is 1.10 bits per heavy atom. The molecule has 0 aromatic heterocycles. The van der Waals surface area contributed by atoms with E-state index in [-0.39, 0.29) is 47.6 Å². The van der Waals surface area contributed by atoms with Crippen LogP contribution < -0.4 is 10.6 Å². The molecule has 3 aliphatic rings. The summed E-state index contributed by atoms with van der Waals surface area (Å²) >= 11 is 0. The molecular weight excluding hydrogens is 430 g/mol. The van der Waals surface area contributed by atoms with Crippen LogP contribution in [0.4, 0.5) is 4.39 Å². The molecule has 30 heavy (non-hydrogen) atoms. The summed E-state index contributed by atoms with van der Waals surface area (Å²) in [5.74, 6) is -0.303. The number of carbonyl (C=O) groups excluding carboxylic acids is 2. The van der Waals surface area contributed by atoms with E-state index in [1.54, 1.807) is 12.1 Å². The molecule has 0 bridgehead atoms. The molecule has 3 fully saturated rings. The van der Waals surface area contributed by atoms with Crippen LogP contribution in [-0.4, -0.2) is 74.0 Å². The maximum absolute atomic E-state index is 13.6. The maximum Gasteiger partial charge on any atom is 0.254 e. The Bertz CT molecular complexity index is 737. The van der Waals surface area contributed by atoms with Gasteiger partial charge in [0.15, 0.2) is 0 Å². The average molecular weight is 461 g/mol. The van der Waals surface area contributed by atoms with E-state index in [0.717, 1.165) is 58.5 Å². The third kappa shape index (κ3) is 5.44. The second-order valence-electron chi connectivity index (χ2n) is 8.27. The molecule has 4 rings (SSSR count). The van der Waals surface area contributed by atoms with Gasteiger partial charge in [-0.1, -0.05) is 12.1 Å². The van der Waals surface area contributed by atoms with Crippen molar-refractivity contribution >= 4 is 36.6 Å². The lowest BCUT2D eigenvalue weighted by molar-refractivity contribution is -0.135. The zero-order valence-corrected chi connectivity index (χ0v) is 18.7. The number of nitrogens with zero attached hydrogens (tertiary/aromatic N) is 2. The van der Waals surface area contributed by atoms with E-state index >= 15 is 0 Å². The van der Waals surface area contributed by atoms with Gasteiger partial charge >= 0.3 is 0 Å². The maximum atomic E-state index is 13.6. The second kappa shape index (κ2) is 10.8. The lowest BCUT2D eigenvalue weighted by Crippen LogP contribution is -2.51. The van der Waals surface area contributed by atoms with Crippen LogP contribution in [0.15, 0.2) is 24.3 Å². The Morgan fingerprint density at radius 3 is 2.43 bits per heavy atom. The predicted molar refractivity (Wildman–Crippen MR) is 119 cm³/mol. The van der Waals surface area contributed by atoms with Crippen molar-refractivity contribution in [3.05, 3.63) is 35.6 Å². The molecule has 6 nitrogen and oxygen atoms in total. The quantitative estimate of drug-likeness (QED) is 0.704. The number of piperidine rings is 1. The third-order valence-corrected chi connectivity index (χ3v) is 6.60. The summed E-state index contributed by atoms with van der Waals surface area (Å²) in [6.45, 7) is 6.41. The Labute approximate surface area is 189 Å². The van der Waals surface area contributed by atoms with Crippen LogP contribution in [0.5, 0.6) is 0 Å². The lowest BCUT2D eigenvalue weighted by Gasteiger charge is -2.35. The van der Waals surface area contributed by atoms with Gasteiger partial charge in [0.05, 0.1) is 5.56 Å². The summed E-state index contributed by atoms with van der Waals surface area (Å²) in [6, 6.07) is 6.00. The monoisotopic (exact) mass is 460 g/mol. The van der Waals surface area contributed by atoms with Crippen molar-refractivity contribution < 1.29 is 14.0 Å². The van der Waals surface area contributed by atoms with Gasteiger partial charge in [-0.3, -0.25) is 14.5 Å². The van der Waals surface area contributed by atoms with E-state index in [9.17, 15) is 14.0 Å². The van der Waals surface area contributed by atoms with Gasteiger partial charge in [0, 0.05) is 45.2 Å². The molecule has 1 saturated carbocycles. The van der Waals surface area contributed by atoms with Crippen LogP contribution in [-0.2, 0) is 4.79 Å². The number of halogens is 3. The molecule has 1 aromatic rings. The molecule has 9 heteroatoms. The molecule has 2 amide bonds. The van der Waals surface area contributed by atoms with Gasteiger partial charge in [-0.2, -0.15) is 0 Å². The van der Waals surface area contributed by atoms with Crippen LogP contribution in [0.2, 0.25) is 0 Å². The van der Waals surface area contributed by atoms with Crippen LogP contribution in [0.1, 0.15) is 29.6 Å². The Morgan fingerprint density at radius 2 is 1.77 bits per heavy atom. The van der Waals surface area contributed by atoms with Crippen molar-refractivity contribution in [3.63, 3.8) is 0 Å². The van der Waals surface area contributed by atoms with Crippen molar-refractivity contribution in [1.29, 1.82) is 0 Å². The minimum atomic E-state index is -0.501. The fourth-order valence-electron chi connectivity index (χ4n) is 4.65. The molecule has 1 spiro atoms. The molecule has 1 aromatic carbocycles. The molecule has 2 aliphatic heterocycles. The Kier molecular flexibility index (Phi) is 8.91. The molecule has 2 N–H and O–H groups in total. The van der Waals surface area contributed by atoms with Gasteiger partial charge in [-0.15, -0.1) is 24.8 Å². The van der Waals surface area contributed by atoms with Crippen LogP contribution in [0.3, 0.4) is 0 Å². The van der Waals surface area contributed by atoms with Crippen molar-refractivity contribution in [2.45, 2.75) is 19.3 Å². The molecule has 2 heterocycles. The molecule has 1 unspecified atom stereocenters. The van der Waals surface area contributed by atoms with Crippen LogP contribution >= 0.6 is 24.8 Å². The number of hydrogen-bond donors (Lipinski definition) is 2. The predicted octanol–water partition coefficient (Wildman–Crippen LogP) is 1.93. The third-order valence-electron chi connectivity index (χ3n) is 6.60. The van der Waals surface area contributed by atoms with Crippen molar-refractivity contribution in [2.24, 2.45) is 11.3 Å². The van der Waals surface area contributed by atoms with Gasteiger partial charge < -0.3 is 15.5 Å². The van der Waals surface area contributed by atoms with Gasteiger partial charge in [-0.25, -0.2) is 4.39 Å². The number of hydrogen-bond acceptors (Lipinski definition) is 4. The topological polar surface area (TPSA) is 64.7 Å². The summed E-state index contributed by atoms with van der Waals surface area (Å²) in [4.78, 5) is 29.2. The highest BCUT2D eigenvalue weighted by molar-refractivity contribution is 5.94. The van der Waals surface area contributed by atoms with E-state index in [1.807, 2.05) is 4.90 Å². The smallest absolute Gasteiger partial charge is 0.254 e. The summed E-state index contributed by atoms with van der Waals surface area (Å²) in [5.41, 5.74) is 0.366. The van der Waals surface area contributed by atoms with Gasteiger partial charge in [0.1, 0.15) is 5.82 Å². The van der Waals surface area contributed by atoms with E-state index in [4.69, 9.17) is 0 Å². The first-order valence-corrected chi connectivity index (χ1v) is 10.3. The normalized spacial score (nSPS) is 22.6. The molecule has 0 radical (unpaired) electrons. The van der Waals surface area contributed by atoms with Crippen LogP contribution in [0, 0.1) is 17.2 Å². The molecular formula is C21H31Cl2FN4O2. The van der Waals surface area contributed by atoms with Gasteiger partial charge in [-0.05, 0) is 49.9 Å². The van der Waals surface area contributed by atoms with Crippen molar-refractivity contribution in [2.75, 3.05) is 52.4 Å². The summed E-state index contributed by atoms with van der Waals surface area (Å²) in [5, 5.41) is 6.16. The number of amides is 2. The highest BCUT2D eigenvalue weighted by Gasteiger charge is 2.58. The summed E-state index contributed by atoms with van der Waals surface area (Å²) < 4.78 is 13.6. The second-order valence-corrected chi connectivity index (χ2v) is 8.27. The summed E-state index contributed by atoms with van der Waals surface area (Å²) in [6.07, 6.45) is 3.33. The Hall–Kier alpha value is -1.41. The fourth-order valence-corrected chi connectivity index (χ4v) is 4.65. The van der Waals surface area contributed by atoms with E-state index < -0.39 is 5.82 Å². The number of piperazine rings is 1. The number of nitrogens with one attached hydrogen (secondary N) is 2. The number of carbonyl (C=O) groups is 2. The van der Waals surface area contributed by atoms with Crippen molar-refractivity contribution in [1.82, 2.24) is 20.4 Å². The van der Waals surface area contributed by atoms with Crippen LogP contribution in [0.25, 0.3) is 0 Å². The number of benzene rings is 1. The molecule has 168 valence electrons. The minimum absolute atomic E-state index is 0. The number of rotatable bonds is 5.